The van der Waals surface area contributed by atoms with Crippen molar-refractivity contribution in [3.8, 4) is 0 Å². The Bertz CT molecular complexity index is 917. The van der Waals surface area contributed by atoms with E-state index in [9.17, 15) is 0 Å². The maximum absolute atomic E-state index is 2.81. The van der Waals surface area contributed by atoms with Crippen molar-refractivity contribution in [2.24, 2.45) is 0 Å². The van der Waals surface area contributed by atoms with Crippen LogP contribution in [0.15, 0.2) is 91.0 Å². The lowest BCUT2D eigenvalue weighted by Crippen LogP contribution is -2.44. The minimum Gasteiger partial charge on any atom is -0.301 e. The first-order chi connectivity index (χ1) is 15.4. The number of hydrogen-bond acceptors (Lipinski definition) is 2. The molecule has 2 aliphatic rings. The van der Waals surface area contributed by atoms with Gasteiger partial charge in [0, 0.05) is 31.6 Å². The van der Waals surface area contributed by atoms with Crippen LogP contribution in [-0.2, 0) is 6.42 Å². The van der Waals surface area contributed by atoms with Crippen LogP contribution < -0.4 is 0 Å². The minimum atomic E-state index is 0.616. The highest BCUT2D eigenvalue weighted by atomic mass is 15.3. The fourth-order valence-corrected chi connectivity index (χ4v) is 5.67. The number of hydrogen-bond donors (Lipinski definition) is 0. The SMILES string of the molecule is c1ccc(CCN2C[C@@H](N3CCC(c4ccccc4)CC3)[C@H](c3ccccc3)C2)cc1. The zero-order chi connectivity index (χ0) is 20.9. The van der Waals surface area contributed by atoms with Gasteiger partial charge in [-0.1, -0.05) is 91.0 Å². The van der Waals surface area contributed by atoms with Gasteiger partial charge in [-0.25, -0.2) is 0 Å². The van der Waals surface area contributed by atoms with Gasteiger partial charge in [-0.05, 0) is 55.0 Å². The summed E-state index contributed by atoms with van der Waals surface area (Å²) < 4.78 is 0. The quantitative estimate of drug-likeness (QED) is 0.524. The molecule has 0 N–H and O–H groups in total. The Hall–Kier alpha value is -2.42. The number of likely N-dealkylation sites (tertiary alicyclic amines) is 2. The van der Waals surface area contributed by atoms with Crippen molar-refractivity contribution in [3.63, 3.8) is 0 Å². The van der Waals surface area contributed by atoms with Crippen molar-refractivity contribution in [1.29, 1.82) is 0 Å². The number of rotatable bonds is 6. The maximum atomic E-state index is 2.81. The molecule has 0 radical (unpaired) electrons. The summed E-state index contributed by atoms with van der Waals surface area (Å²) in [5.74, 6) is 1.34. The van der Waals surface area contributed by atoms with Crippen molar-refractivity contribution in [1.82, 2.24) is 9.80 Å². The second-order valence-corrected chi connectivity index (χ2v) is 9.30. The van der Waals surface area contributed by atoms with Gasteiger partial charge in [0.05, 0.1) is 0 Å². The monoisotopic (exact) mass is 410 g/mol. The standard InChI is InChI=1S/C29H34N2/c1-4-10-24(11-5-1)16-19-30-22-28(27-14-8-3-9-15-27)29(23-30)31-20-17-26(18-21-31)25-12-6-2-7-13-25/h1-15,26,28-29H,16-23H2/t28-,29+/m0/s1. The van der Waals surface area contributed by atoms with Gasteiger partial charge in [0.2, 0.25) is 0 Å². The van der Waals surface area contributed by atoms with Crippen LogP contribution in [0.25, 0.3) is 0 Å². The van der Waals surface area contributed by atoms with Crippen molar-refractivity contribution in [2.45, 2.75) is 37.1 Å². The molecule has 3 aromatic carbocycles. The molecule has 2 fully saturated rings. The number of benzene rings is 3. The van der Waals surface area contributed by atoms with Crippen molar-refractivity contribution < 1.29 is 0 Å². The highest BCUT2D eigenvalue weighted by Gasteiger charge is 2.38. The molecule has 31 heavy (non-hydrogen) atoms. The third-order valence-corrected chi connectivity index (χ3v) is 7.42. The van der Waals surface area contributed by atoms with E-state index >= 15 is 0 Å². The summed E-state index contributed by atoms with van der Waals surface area (Å²) >= 11 is 0. The van der Waals surface area contributed by atoms with E-state index in [0.29, 0.717) is 12.0 Å². The summed E-state index contributed by atoms with van der Waals surface area (Å²) in [6, 6.07) is 34.0. The predicted molar refractivity (Wildman–Crippen MR) is 130 cm³/mol. The second-order valence-electron chi connectivity index (χ2n) is 9.30. The van der Waals surface area contributed by atoms with Crippen LogP contribution in [0.3, 0.4) is 0 Å². The van der Waals surface area contributed by atoms with Gasteiger partial charge in [-0.3, -0.25) is 4.90 Å². The van der Waals surface area contributed by atoms with Crippen LogP contribution >= 0.6 is 0 Å². The molecule has 0 bridgehead atoms. The Morgan fingerprint density at radius 2 is 1.23 bits per heavy atom. The smallest absolute Gasteiger partial charge is 0.0304 e. The maximum Gasteiger partial charge on any atom is 0.0304 e. The molecule has 2 heterocycles. The molecule has 0 aliphatic carbocycles. The zero-order valence-corrected chi connectivity index (χ0v) is 18.4. The Morgan fingerprint density at radius 1 is 0.645 bits per heavy atom. The zero-order valence-electron chi connectivity index (χ0n) is 18.4. The molecule has 3 aromatic rings. The Morgan fingerprint density at radius 3 is 1.87 bits per heavy atom. The van der Waals surface area contributed by atoms with E-state index < -0.39 is 0 Å². The lowest BCUT2D eigenvalue weighted by Gasteiger charge is -2.38. The highest BCUT2D eigenvalue weighted by molar-refractivity contribution is 5.25. The molecule has 0 saturated carbocycles. The van der Waals surface area contributed by atoms with Crippen LogP contribution in [0, 0.1) is 0 Å². The fraction of sp³-hybridized carbons (Fsp3) is 0.379. The molecule has 0 spiro atoms. The van der Waals surface area contributed by atoms with Crippen molar-refractivity contribution in [3.05, 3.63) is 108 Å². The molecule has 0 amide bonds. The van der Waals surface area contributed by atoms with E-state index in [1.165, 1.54) is 55.7 Å². The van der Waals surface area contributed by atoms with Gasteiger partial charge in [0.15, 0.2) is 0 Å². The van der Waals surface area contributed by atoms with Gasteiger partial charge < -0.3 is 4.90 Å². The van der Waals surface area contributed by atoms with E-state index in [0.717, 1.165) is 18.9 Å². The van der Waals surface area contributed by atoms with E-state index in [-0.39, 0.29) is 0 Å². The van der Waals surface area contributed by atoms with Crippen LogP contribution in [0.2, 0.25) is 0 Å². The van der Waals surface area contributed by atoms with E-state index in [1.54, 1.807) is 0 Å². The summed E-state index contributed by atoms with van der Waals surface area (Å²) in [6.07, 6.45) is 3.71. The Labute approximate surface area is 187 Å². The van der Waals surface area contributed by atoms with Gasteiger partial charge in [0.1, 0.15) is 0 Å². The third kappa shape index (κ3) is 4.92. The van der Waals surface area contributed by atoms with Gasteiger partial charge in [-0.2, -0.15) is 0 Å². The second kappa shape index (κ2) is 9.80. The predicted octanol–water partition coefficient (Wildman–Crippen LogP) is 5.58. The summed E-state index contributed by atoms with van der Waals surface area (Å²) in [5, 5.41) is 0. The molecule has 2 nitrogen and oxygen atoms in total. The first-order valence-electron chi connectivity index (χ1n) is 12.0. The van der Waals surface area contributed by atoms with Crippen LogP contribution in [0.5, 0.6) is 0 Å². The lowest BCUT2D eigenvalue weighted by atomic mass is 9.87. The third-order valence-electron chi connectivity index (χ3n) is 7.42. The molecule has 160 valence electrons. The molecule has 0 aromatic heterocycles. The molecular weight excluding hydrogens is 376 g/mol. The average molecular weight is 411 g/mol. The minimum absolute atomic E-state index is 0.616. The largest absolute Gasteiger partial charge is 0.301 e. The summed E-state index contributed by atoms with van der Waals surface area (Å²) in [6.45, 7) is 5.98. The van der Waals surface area contributed by atoms with E-state index in [1.807, 2.05) is 0 Å². The molecular formula is C29H34N2. The van der Waals surface area contributed by atoms with Crippen LogP contribution in [0.4, 0.5) is 0 Å². The summed E-state index contributed by atoms with van der Waals surface area (Å²) in [5.41, 5.74) is 4.49. The molecule has 2 aliphatic heterocycles. The van der Waals surface area contributed by atoms with Gasteiger partial charge in [0.25, 0.3) is 0 Å². The van der Waals surface area contributed by atoms with E-state index in [4.69, 9.17) is 0 Å². The topological polar surface area (TPSA) is 6.48 Å². The van der Waals surface area contributed by atoms with Crippen LogP contribution in [0.1, 0.15) is 41.4 Å². The first-order valence-corrected chi connectivity index (χ1v) is 12.0. The average Bonchev–Trinajstić information content (AvgIpc) is 3.29. The first kappa shape index (κ1) is 20.5. The molecule has 2 saturated heterocycles. The fourth-order valence-electron chi connectivity index (χ4n) is 5.67. The lowest BCUT2D eigenvalue weighted by molar-refractivity contribution is 0.144. The summed E-state index contributed by atoms with van der Waals surface area (Å²) in [4.78, 5) is 5.51. The summed E-state index contributed by atoms with van der Waals surface area (Å²) in [7, 11) is 0. The number of nitrogens with zero attached hydrogens (tertiary/aromatic N) is 2. The highest BCUT2D eigenvalue weighted by Crippen LogP contribution is 2.35. The van der Waals surface area contributed by atoms with Gasteiger partial charge in [-0.15, -0.1) is 0 Å². The number of piperidine rings is 1. The molecule has 5 rings (SSSR count). The molecule has 0 unspecified atom stereocenters. The van der Waals surface area contributed by atoms with Gasteiger partial charge >= 0.3 is 0 Å². The van der Waals surface area contributed by atoms with Crippen LogP contribution in [-0.4, -0.2) is 48.6 Å². The Balaban J connectivity index is 1.26. The van der Waals surface area contributed by atoms with Crippen molar-refractivity contribution >= 4 is 0 Å². The van der Waals surface area contributed by atoms with E-state index in [2.05, 4.69) is 101 Å². The molecule has 2 atom stereocenters. The normalized spacial score (nSPS) is 23.2. The Kier molecular flexibility index (Phi) is 6.48. The van der Waals surface area contributed by atoms with Crippen molar-refractivity contribution in [2.75, 3.05) is 32.7 Å². The molecule has 2 heteroatoms.